The molecule has 1 amide bonds. The summed E-state index contributed by atoms with van der Waals surface area (Å²) in [5, 5.41) is 2.12. The molecule has 4 heterocycles. The Morgan fingerprint density at radius 2 is 2.05 bits per heavy atom. The highest BCUT2D eigenvalue weighted by Crippen LogP contribution is 2.44. The van der Waals surface area contributed by atoms with Gasteiger partial charge in [0.05, 0.1) is 11.8 Å². The SMILES string of the molecule is [B]NC(=O)c1cncc(OC2C3CC4CC2CN(C4)C3)c1. The van der Waals surface area contributed by atoms with Gasteiger partial charge in [-0.3, -0.25) is 9.78 Å². The van der Waals surface area contributed by atoms with E-state index in [0.717, 1.165) is 19.0 Å². The number of rotatable bonds is 3. The average Bonchev–Trinajstić information content (AvgIpc) is 2.49. The van der Waals surface area contributed by atoms with Crippen molar-refractivity contribution in [3.63, 3.8) is 0 Å². The molecule has 5 rings (SSSR count). The minimum Gasteiger partial charge on any atom is -0.488 e. The minimum absolute atomic E-state index is 0.260. The van der Waals surface area contributed by atoms with E-state index in [9.17, 15) is 4.79 Å². The first-order chi connectivity index (χ1) is 10.2. The van der Waals surface area contributed by atoms with Crippen molar-refractivity contribution in [2.75, 3.05) is 19.6 Å². The van der Waals surface area contributed by atoms with Gasteiger partial charge >= 0.3 is 0 Å². The third-order valence-electron chi connectivity index (χ3n) is 5.08. The second kappa shape index (κ2) is 5.02. The molecule has 0 spiro atoms. The molecule has 4 bridgehead atoms. The van der Waals surface area contributed by atoms with Crippen LogP contribution in [0.2, 0.25) is 0 Å². The molecule has 0 aromatic carbocycles. The Labute approximate surface area is 125 Å². The average molecular weight is 283 g/mol. The van der Waals surface area contributed by atoms with E-state index in [1.807, 2.05) is 0 Å². The van der Waals surface area contributed by atoms with E-state index < -0.39 is 0 Å². The summed E-state index contributed by atoms with van der Waals surface area (Å²) in [6, 6.07) is 1.72. The lowest BCUT2D eigenvalue weighted by Crippen LogP contribution is -2.61. The number of piperidine rings is 3. The summed E-state index contributed by atoms with van der Waals surface area (Å²) in [5.41, 5.74) is 0.433. The van der Waals surface area contributed by atoms with E-state index in [4.69, 9.17) is 12.7 Å². The quantitative estimate of drug-likeness (QED) is 0.826. The Balaban J connectivity index is 1.52. The first-order valence-electron chi connectivity index (χ1n) is 7.58. The molecular weight excluding hydrogens is 265 g/mol. The first kappa shape index (κ1) is 13.1. The highest BCUT2D eigenvalue weighted by atomic mass is 16.5. The smallest absolute Gasteiger partial charge is 0.240 e. The summed E-state index contributed by atoms with van der Waals surface area (Å²) >= 11 is 0. The maximum atomic E-state index is 11.6. The number of nitrogens with zero attached hydrogens (tertiary/aromatic N) is 2. The highest BCUT2D eigenvalue weighted by molar-refractivity contribution is 6.18. The number of ether oxygens (including phenoxy) is 1. The largest absolute Gasteiger partial charge is 0.488 e. The predicted molar refractivity (Wildman–Crippen MR) is 78.0 cm³/mol. The van der Waals surface area contributed by atoms with Crippen molar-refractivity contribution in [2.24, 2.45) is 17.8 Å². The van der Waals surface area contributed by atoms with Crippen molar-refractivity contribution in [2.45, 2.75) is 18.9 Å². The van der Waals surface area contributed by atoms with Crippen molar-refractivity contribution >= 4 is 13.9 Å². The van der Waals surface area contributed by atoms with E-state index in [2.05, 4.69) is 15.1 Å². The van der Waals surface area contributed by atoms with Crippen LogP contribution in [0, 0.1) is 17.8 Å². The molecule has 1 aliphatic carbocycles. The van der Waals surface area contributed by atoms with Crippen LogP contribution in [0.15, 0.2) is 18.5 Å². The monoisotopic (exact) mass is 283 g/mol. The zero-order valence-corrected chi connectivity index (χ0v) is 11.9. The fourth-order valence-electron chi connectivity index (χ4n) is 4.40. The van der Waals surface area contributed by atoms with E-state index in [1.54, 1.807) is 12.3 Å². The minimum atomic E-state index is -0.343. The number of pyridine rings is 1. The lowest BCUT2D eigenvalue weighted by molar-refractivity contribution is -0.0985. The van der Waals surface area contributed by atoms with Gasteiger partial charge in [-0.1, -0.05) is 0 Å². The summed E-state index contributed by atoms with van der Waals surface area (Å²) in [6.45, 7) is 3.57. The molecule has 1 aromatic heterocycles. The Morgan fingerprint density at radius 1 is 1.29 bits per heavy atom. The summed E-state index contributed by atoms with van der Waals surface area (Å²) in [6.07, 6.45) is 5.98. The van der Waals surface area contributed by atoms with Crippen molar-refractivity contribution in [3.05, 3.63) is 24.0 Å². The molecule has 21 heavy (non-hydrogen) atoms. The molecule has 3 saturated heterocycles. The molecule has 2 atom stereocenters. The van der Waals surface area contributed by atoms with Crippen LogP contribution in [-0.4, -0.2) is 49.5 Å². The number of nitrogens with one attached hydrogen (secondary N) is 1. The van der Waals surface area contributed by atoms with Gasteiger partial charge in [0, 0.05) is 37.7 Å². The van der Waals surface area contributed by atoms with Crippen LogP contribution in [0.1, 0.15) is 23.2 Å². The number of hydrogen-bond acceptors (Lipinski definition) is 4. The standard InChI is InChI=1S/C15H18BN3O2/c16-18-15(20)10-3-13(5-17-4-10)21-14-11-1-9-2-12(14)8-19(6-9)7-11/h3-5,9,11-12,14H,1-2,6-8H2,(H,18,20). The number of amides is 1. The third-order valence-corrected chi connectivity index (χ3v) is 5.08. The van der Waals surface area contributed by atoms with Crippen molar-refractivity contribution < 1.29 is 9.53 Å². The predicted octanol–water partition coefficient (Wildman–Crippen LogP) is 0.614. The number of carbonyl (C=O) groups is 1. The third kappa shape index (κ3) is 2.31. The number of hydrogen-bond donors (Lipinski definition) is 1. The molecule has 3 aliphatic heterocycles. The molecule has 4 fully saturated rings. The lowest BCUT2D eigenvalue weighted by Gasteiger charge is -2.55. The normalized spacial score (nSPS) is 36.5. The molecule has 2 unspecified atom stereocenters. The van der Waals surface area contributed by atoms with Crippen LogP contribution in [-0.2, 0) is 0 Å². The Hall–Kier alpha value is -1.56. The number of carbonyl (C=O) groups excluding carboxylic acids is 1. The first-order valence-corrected chi connectivity index (χ1v) is 7.58. The summed E-state index contributed by atoms with van der Waals surface area (Å²) in [4.78, 5) is 18.2. The van der Waals surface area contributed by atoms with Gasteiger partial charge in [-0.05, 0) is 24.8 Å². The molecule has 4 aliphatic rings. The van der Waals surface area contributed by atoms with Crippen molar-refractivity contribution in [1.82, 2.24) is 15.1 Å². The topological polar surface area (TPSA) is 54.5 Å². The molecule has 1 N–H and O–H groups in total. The maximum Gasteiger partial charge on any atom is 0.240 e. The molecule has 5 nitrogen and oxygen atoms in total. The zero-order valence-electron chi connectivity index (χ0n) is 11.9. The van der Waals surface area contributed by atoms with E-state index in [0.29, 0.717) is 23.1 Å². The summed E-state index contributed by atoms with van der Waals surface area (Å²) in [7, 11) is 5.16. The van der Waals surface area contributed by atoms with Crippen molar-refractivity contribution in [1.29, 1.82) is 0 Å². The van der Waals surface area contributed by atoms with Crippen LogP contribution >= 0.6 is 0 Å². The lowest BCUT2D eigenvalue weighted by atomic mass is 9.66. The fourth-order valence-corrected chi connectivity index (χ4v) is 4.40. The molecule has 1 aromatic rings. The maximum absolute atomic E-state index is 11.6. The Bertz CT molecular complexity index is 538. The van der Waals surface area contributed by atoms with Gasteiger partial charge in [0.2, 0.25) is 13.9 Å². The van der Waals surface area contributed by atoms with Gasteiger partial charge < -0.3 is 14.9 Å². The molecule has 2 radical (unpaired) electrons. The van der Waals surface area contributed by atoms with Crippen LogP contribution in [0.25, 0.3) is 0 Å². The van der Waals surface area contributed by atoms with E-state index in [1.165, 1.54) is 25.6 Å². The van der Waals surface area contributed by atoms with E-state index in [-0.39, 0.29) is 12.0 Å². The van der Waals surface area contributed by atoms with Gasteiger partial charge in [-0.2, -0.15) is 0 Å². The van der Waals surface area contributed by atoms with Crippen LogP contribution in [0.5, 0.6) is 5.75 Å². The number of aromatic nitrogens is 1. The van der Waals surface area contributed by atoms with Gasteiger partial charge in [-0.25, -0.2) is 0 Å². The van der Waals surface area contributed by atoms with Crippen LogP contribution < -0.4 is 9.96 Å². The molecule has 1 saturated carbocycles. The van der Waals surface area contributed by atoms with E-state index >= 15 is 0 Å². The van der Waals surface area contributed by atoms with Crippen LogP contribution in [0.3, 0.4) is 0 Å². The van der Waals surface area contributed by atoms with Gasteiger partial charge in [0.1, 0.15) is 11.9 Å². The van der Waals surface area contributed by atoms with Crippen molar-refractivity contribution in [3.8, 4) is 5.75 Å². The Morgan fingerprint density at radius 3 is 2.71 bits per heavy atom. The second-order valence-electron chi connectivity index (χ2n) is 6.54. The van der Waals surface area contributed by atoms with Gasteiger partial charge in [0.25, 0.3) is 0 Å². The highest BCUT2D eigenvalue weighted by Gasteiger charge is 2.48. The molecule has 108 valence electrons. The summed E-state index contributed by atoms with van der Waals surface area (Å²) < 4.78 is 6.22. The molecule has 6 heteroatoms. The fraction of sp³-hybridized carbons (Fsp3) is 0.600. The van der Waals surface area contributed by atoms with Crippen LogP contribution in [0.4, 0.5) is 0 Å². The second-order valence-corrected chi connectivity index (χ2v) is 6.54. The van der Waals surface area contributed by atoms with Gasteiger partial charge in [-0.15, -0.1) is 0 Å². The van der Waals surface area contributed by atoms with Gasteiger partial charge in [0.15, 0.2) is 0 Å². The molecular formula is C15H18BN3O2. The summed E-state index contributed by atoms with van der Waals surface area (Å²) in [5.74, 6) is 2.41. The zero-order chi connectivity index (χ0) is 14.4. The Kier molecular flexibility index (Phi) is 3.14.